The van der Waals surface area contributed by atoms with Crippen LogP contribution in [-0.2, 0) is 4.79 Å². The maximum absolute atomic E-state index is 13.3. The van der Waals surface area contributed by atoms with E-state index < -0.39 is 0 Å². The quantitative estimate of drug-likeness (QED) is 0.292. The number of aromatic nitrogens is 1. The second-order valence-electron chi connectivity index (χ2n) is 6.96. The minimum atomic E-state index is -0.158. The van der Waals surface area contributed by atoms with E-state index >= 15 is 0 Å². The number of furan rings is 1. The van der Waals surface area contributed by atoms with E-state index in [-0.39, 0.29) is 5.91 Å². The number of rotatable bonds is 4. The van der Waals surface area contributed by atoms with Gasteiger partial charge in [0.05, 0.1) is 16.3 Å². The van der Waals surface area contributed by atoms with E-state index in [0.717, 1.165) is 16.9 Å². The fourth-order valence-corrected chi connectivity index (χ4v) is 5.06. The standard InChI is InChI=1S/C24H16ClN3O2S2/c1-15-14-31-23(26-15)27-24-28(18-8-3-2-4-9-18)22(29)21(32-24)13-19-10-11-20(30-19)16-6-5-7-17(25)12-16/h2-14H,1H3/b21-13+,27-24+. The molecule has 0 atom stereocenters. The number of carbonyl (C=O) groups is 1. The number of nitrogens with zero attached hydrogens (tertiary/aromatic N) is 3. The van der Waals surface area contributed by atoms with Crippen LogP contribution < -0.4 is 4.90 Å². The summed E-state index contributed by atoms with van der Waals surface area (Å²) in [4.78, 5) is 24.5. The maximum Gasteiger partial charge on any atom is 0.271 e. The lowest BCUT2D eigenvalue weighted by Gasteiger charge is -2.14. The summed E-state index contributed by atoms with van der Waals surface area (Å²) in [6, 6.07) is 20.6. The fraction of sp³-hybridized carbons (Fsp3) is 0.0417. The van der Waals surface area contributed by atoms with E-state index in [9.17, 15) is 4.79 Å². The molecular weight excluding hydrogens is 462 g/mol. The van der Waals surface area contributed by atoms with Gasteiger partial charge in [-0.05, 0) is 55.1 Å². The van der Waals surface area contributed by atoms with Crippen LogP contribution in [0.5, 0.6) is 0 Å². The third-order valence-corrected chi connectivity index (χ3v) is 6.68. The number of thioether (sulfide) groups is 1. The molecule has 0 bridgehead atoms. The minimum absolute atomic E-state index is 0.158. The molecule has 0 unspecified atom stereocenters. The van der Waals surface area contributed by atoms with Gasteiger partial charge in [-0.25, -0.2) is 4.98 Å². The van der Waals surface area contributed by atoms with Crippen LogP contribution in [0.1, 0.15) is 11.5 Å². The predicted molar refractivity (Wildman–Crippen MR) is 133 cm³/mol. The van der Waals surface area contributed by atoms with Gasteiger partial charge in [0.2, 0.25) is 5.13 Å². The highest BCUT2D eigenvalue weighted by Crippen LogP contribution is 2.38. The van der Waals surface area contributed by atoms with Crippen LogP contribution in [0.4, 0.5) is 10.8 Å². The number of amidine groups is 1. The Balaban J connectivity index is 1.50. The van der Waals surface area contributed by atoms with Crippen molar-refractivity contribution in [2.24, 2.45) is 4.99 Å². The van der Waals surface area contributed by atoms with Gasteiger partial charge < -0.3 is 4.42 Å². The molecule has 8 heteroatoms. The summed E-state index contributed by atoms with van der Waals surface area (Å²) in [5, 5.41) is 3.74. The van der Waals surface area contributed by atoms with Crippen LogP contribution in [0.25, 0.3) is 17.4 Å². The highest BCUT2D eigenvalue weighted by molar-refractivity contribution is 8.19. The highest BCUT2D eigenvalue weighted by atomic mass is 35.5. The van der Waals surface area contributed by atoms with Gasteiger partial charge in [-0.2, -0.15) is 4.99 Å². The van der Waals surface area contributed by atoms with Gasteiger partial charge >= 0.3 is 0 Å². The molecule has 158 valence electrons. The molecule has 1 aliphatic heterocycles. The first-order chi connectivity index (χ1) is 15.6. The molecule has 0 saturated carbocycles. The molecule has 5 nitrogen and oxygen atoms in total. The van der Waals surface area contributed by atoms with E-state index in [1.165, 1.54) is 23.1 Å². The molecule has 5 rings (SSSR count). The molecule has 0 radical (unpaired) electrons. The lowest BCUT2D eigenvalue weighted by molar-refractivity contribution is -0.113. The first kappa shape index (κ1) is 20.8. The molecule has 1 aliphatic rings. The average Bonchev–Trinajstić information content (AvgIpc) is 3.49. The Morgan fingerprint density at radius 1 is 1.09 bits per heavy atom. The Hall–Kier alpha value is -3.13. The lowest BCUT2D eigenvalue weighted by atomic mass is 10.2. The highest BCUT2D eigenvalue weighted by Gasteiger charge is 2.35. The summed E-state index contributed by atoms with van der Waals surface area (Å²) in [6.45, 7) is 1.92. The van der Waals surface area contributed by atoms with E-state index in [1.807, 2.05) is 79.0 Å². The summed E-state index contributed by atoms with van der Waals surface area (Å²) < 4.78 is 5.96. The zero-order chi connectivity index (χ0) is 22.1. The molecule has 1 fully saturated rings. The van der Waals surface area contributed by atoms with Crippen molar-refractivity contribution in [1.82, 2.24) is 4.98 Å². The predicted octanol–water partition coefficient (Wildman–Crippen LogP) is 7.17. The molecule has 2 aromatic heterocycles. The van der Waals surface area contributed by atoms with Crippen LogP contribution in [0.2, 0.25) is 5.02 Å². The number of halogens is 1. The fourth-order valence-electron chi connectivity index (χ4n) is 3.18. The van der Waals surface area contributed by atoms with E-state index in [2.05, 4.69) is 9.98 Å². The van der Waals surface area contributed by atoms with Gasteiger partial charge in [0.15, 0.2) is 5.17 Å². The second kappa shape index (κ2) is 8.78. The van der Waals surface area contributed by atoms with Crippen molar-refractivity contribution in [3.05, 3.63) is 93.5 Å². The molecule has 32 heavy (non-hydrogen) atoms. The third kappa shape index (κ3) is 4.27. The van der Waals surface area contributed by atoms with Gasteiger partial charge in [0.1, 0.15) is 11.5 Å². The Morgan fingerprint density at radius 2 is 1.94 bits per heavy atom. The molecule has 3 heterocycles. The molecule has 2 aromatic carbocycles. The molecular formula is C24H16ClN3O2S2. The molecule has 4 aromatic rings. The topological polar surface area (TPSA) is 58.7 Å². The maximum atomic E-state index is 13.3. The Morgan fingerprint density at radius 3 is 2.69 bits per heavy atom. The Labute approximate surface area is 198 Å². The SMILES string of the molecule is Cc1csc(/N=C2/S/C(=C/c3ccc(-c4cccc(Cl)c4)o3)C(=O)N2c2ccccc2)n1. The van der Waals surface area contributed by atoms with Crippen molar-refractivity contribution in [3.63, 3.8) is 0 Å². The number of anilines is 1. The number of thiazole rings is 1. The zero-order valence-corrected chi connectivity index (χ0v) is 19.2. The Bertz CT molecular complexity index is 1360. The van der Waals surface area contributed by atoms with Crippen LogP contribution in [0, 0.1) is 6.92 Å². The number of hydrogen-bond donors (Lipinski definition) is 0. The van der Waals surface area contributed by atoms with Crippen LogP contribution in [0.15, 0.2) is 86.4 Å². The summed E-state index contributed by atoms with van der Waals surface area (Å²) in [6.07, 6.45) is 1.74. The number of aliphatic imine (C=N–C) groups is 1. The summed E-state index contributed by atoms with van der Waals surface area (Å²) >= 11 is 8.84. The number of benzene rings is 2. The van der Waals surface area contributed by atoms with Crippen molar-refractivity contribution in [2.45, 2.75) is 6.92 Å². The number of carbonyl (C=O) groups excluding carboxylic acids is 1. The van der Waals surface area contributed by atoms with Gasteiger partial charge in [0, 0.05) is 22.0 Å². The first-order valence-corrected chi connectivity index (χ1v) is 11.8. The molecule has 1 amide bonds. The molecule has 0 spiro atoms. The largest absolute Gasteiger partial charge is 0.457 e. The third-order valence-electron chi connectivity index (χ3n) is 4.63. The van der Waals surface area contributed by atoms with Crippen molar-refractivity contribution < 1.29 is 9.21 Å². The number of aryl methyl sites for hydroxylation is 1. The summed E-state index contributed by atoms with van der Waals surface area (Å²) in [5.74, 6) is 1.10. The van der Waals surface area contributed by atoms with E-state index in [1.54, 1.807) is 11.0 Å². The number of amides is 1. The van der Waals surface area contributed by atoms with Gasteiger partial charge in [-0.1, -0.05) is 41.9 Å². The molecule has 0 N–H and O–H groups in total. The van der Waals surface area contributed by atoms with E-state index in [4.69, 9.17) is 16.0 Å². The second-order valence-corrected chi connectivity index (χ2v) is 9.25. The smallest absolute Gasteiger partial charge is 0.271 e. The zero-order valence-electron chi connectivity index (χ0n) is 16.9. The van der Waals surface area contributed by atoms with Gasteiger partial charge in [-0.3, -0.25) is 9.69 Å². The normalized spacial score (nSPS) is 16.4. The van der Waals surface area contributed by atoms with Crippen LogP contribution in [0.3, 0.4) is 0 Å². The number of para-hydroxylation sites is 1. The van der Waals surface area contributed by atoms with Crippen molar-refractivity contribution in [2.75, 3.05) is 4.90 Å². The minimum Gasteiger partial charge on any atom is -0.457 e. The van der Waals surface area contributed by atoms with E-state index in [0.29, 0.717) is 31.7 Å². The lowest BCUT2D eigenvalue weighted by Crippen LogP contribution is -2.28. The molecule has 1 saturated heterocycles. The van der Waals surface area contributed by atoms with Crippen molar-refractivity contribution in [3.8, 4) is 11.3 Å². The van der Waals surface area contributed by atoms with Crippen molar-refractivity contribution >= 4 is 62.7 Å². The van der Waals surface area contributed by atoms with Crippen molar-refractivity contribution in [1.29, 1.82) is 0 Å². The Kier molecular flexibility index (Phi) is 5.70. The first-order valence-electron chi connectivity index (χ1n) is 9.72. The number of hydrogen-bond acceptors (Lipinski definition) is 6. The molecule has 0 aliphatic carbocycles. The average molecular weight is 478 g/mol. The summed E-state index contributed by atoms with van der Waals surface area (Å²) in [5.41, 5.74) is 2.52. The van der Waals surface area contributed by atoms with Crippen LogP contribution >= 0.6 is 34.7 Å². The van der Waals surface area contributed by atoms with Gasteiger partial charge in [0.25, 0.3) is 5.91 Å². The monoisotopic (exact) mass is 477 g/mol. The summed E-state index contributed by atoms with van der Waals surface area (Å²) in [7, 11) is 0. The van der Waals surface area contributed by atoms with Gasteiger partial charge in [-0.15, -0.1) is 11.3 Å². The van der Waals surface area contributed by atoms with Crippen LogP contribution in [-0.4, -0.2) is 16.1 Å².